The summed E-state index contributed by atoms with van der Waals surface area (Å²) in [5, 5.41) is 1.89. The van der Waals surface area contributed by atoms with Crippen molar-refractivity contribution in [2.45, 2.75) is 6.10 Å². The van der Waals surface area contributed by atoms with Crippen LogP contribution in [0.5, 0.6) is 5.75 Å². The molecule has 0 bridgehead atoms. The van der Waals surface area contributed by atoms with E-state index in [4.69, 9.17) is 9.47 Å². The maximum atomic E-state index is 13.2. The first-order valence-electron chi connectivity index (χ1n) is 9.36. The third-order valence-electron chi connectivity index (χ3n) is 4.43. The number of amides is 1. The molecule has 0 aliphatic rings. The summed E-state index contributed by atoms with van der Waals surface area (Å²) in [6.45, 7) is 0. The van der Waals surface area contributed by atoms with E-state index in [0.29, 0.717) is 11.1 Å². The number of rotatable bonds is 7. The minimum Gasteiger partial charge on any atom is -0.497 e. The second-order valence-corrected chi connectivity index (χ2v) is 7.68. The summed E-state index contributed by atoms with van der Waals surface area (Å²) in [7, 11) is 4.88. The first-order valence-corrected chi connectivity index (χ1v) is 10.2. The Balaban J connectivity index is 1.95. The van der Waals surface area contributed by atoms with E-state index < -0.39 is 12.1 Å². The highest BCUT2D eigenvalue weighted by molar-refractivity contribution is 7.11. The van der Waals surface area contributed by atoms with Crippen LogP contribution in [0.4, 0.5) is 0 Å². The Hall–Kier alpha value is -3.38. The number of benzene rings is 2. The van der Waals surface area contributed by atoms with Crippen LogP contribution in [0.25, 0.3) is 11.6 Å². The van der Waals surface area contributed by atoms with E-state index >= 15 is 0 Å². The van der Waals surface area contributed by atoms with Gasteiger partial charge in [0, 0.05) is 24.5 Å². The zero-order chi connectivity index (χ0) is 21.5. The van der Waals surface area contributed by atoms with Gasteiger partial charge in [-0.3, -0.25) is 4.79 Å². The summed E-state index contributed by atoms with van der Waals surface area (Å²) in [6.07, 6.45) is 0.739. The average molecular weight is 422 g/mol. The topological polar surface area (TPSA) is 55.8 Å². The molecular weight excluding hydrogens is 398 g/mol. The standard InChI is InChI=1S/C24H23NO4S/c1-25(2)23(26)22(18-8-5-4-6-9-18)29-24(27)20(21-10-7-15-30-21)16-17-11-13-19(28-3)14-12-17/h4-16,22H,1-3H3/b20-16+/t22-/m0/s1. The molecule has 6 heteroatoms. The van der Waals surface area contributed by atoms with Crippen molar-refractivity contribution in [3.05, 3.63) is 88.1 Å². The van der Waals surface area contributed by atoms with Crippen LogP contribution in [-0.2, 0) is 14.3 Å². The normalized spacial score (nSPS) is 12.2. The van der Waals surface area contributed by atoms with Crippen molar-refractivity contribution >= 4 is 34.9 Å². The van der Waals surface area contributed by atoms with Gasteiger partial charge in [-0.15, -0.1) is 11.3 Å². The van der Waals surface area contributed by atoms with Gasteiger partial charge in [-0.25, -0.2) is 4.79 Å². The van der Waals surface area contributed by atoms with Gasteiger partial charge in [-0.1, -0.05) is 48.5 Å². The van der Waals surface area contributed by atoms with Crippen LogP contribution in [-0.4, -0.2) is 38.0 Å². The molecule has 154 valence electrons. The molecule has 0 spiro atoms. The molecule has 0 unspecified atom stereocenters. The molecule has 1 aromatic heterocycles. The van der Waals surface area contributed by atoms with E-state index in [-0.39, 0.29) is 5.91 Å². The van der Waals surface area contributed by atoms with Gasteiger partial charge in [-0.05, 0) is 35.2 Å². The minimum atomic E-state index is -1.02. The fourth-order valence-corrected chi connectivity index (χ4v) is 3.55. The SMILES string of the molecule is COc1ccc(/C=C(/C(=O)O[C@H](C(=O)N(C)C)c2ccccc2)c2cccs2)cc1. The first-order chi connectivity index (χ1) is 14.5. The highest BCUT2D eigenvalue weighted by atomic mass is 32.1. The van der Waals surface area contributed by atoms with Crippen molar-refractivity contribution in [3.8, 4) is 5.75 Å². The van der Waals surface area contributed by atoms with E-state index in [9.17, 15) is 9.59 Å². The molecule has 0 aliphatic carbocycles. The average Bonchev–Trinajstić information content (AvgIpc) is 3.30. The summed E-state index contributed by atoms with van der Waals surface area (Å²) in [6, 6.07) is 20.1. The molecule has 1 heterocycles. The molecule has 3 rings (SSSR count). The Morgan fingerprint density at radius 3 is 2.23 bits per heavy atom. The summed E-state index contributed by atoms with van der Waals surface area (Å²) in [5.41, 5.74) is 1.84. The molecule has 1 atom stereocenters. The van der Waals surface area contributed by atoms with Crippen molar-refractivity contribution in [2.24, 2.45) is 0 Å². The van der Waals surface area contributed by atoms with Gasteiger partial charge in [-0.2, -0.15) is 0 Å². The predicted octanol–water partition coefficient (Wildman–Crippen LogP) is 4.67. The minimum absolute atomic E-state index is 0.301. The van der Waals surface area contributed by atoms with Crippen molar-refractivity contribution in [3.63, 3.8) is 0 Å². The highest BCUT2D eigenvalue weighted by Gasteiger charge is 2.28. The van der Waals surface area contributed by atoms with Crippen molar-refractivity contribution < 1.29 is 19.1 Å². The lowest BCUT2D eigenvalue weighted by Gasteiger charge is -2.21. The highest BCUT2D eigenvalue weighted by Crippen LogP contribution is 2.28. The maximum absolute atomic E-state index is 13.2. The quantitative estimate of drug-likeness (QED) is 0.411. The van der Waals surface area contributed by atoms with Crippen LogP contribution in [0.2, 0.25) is 0 Å². The summed E-state index contributed by atoms with van der Waals surface area (Å²) in [5.74, 6) is -0.130. The smallest absolute Gasteiger partial charge is 0.340 e. The molecule has 0 radical (unpaired) electrons. The zero-order valence-corrected chi connectivity index (χ0v) is 17.9. The molecule has 5 nitrogen and oxygen atoms in total. The number of esters is 1. The lowest BCUT2D eigenvalue weighted by molar-refractivity contribution is -0.155. The zero-order valence-electron chi connectivity index (χ0n) is 17.1. The molecule has 30 heavy (non-hydrogen) atoms. The Kier molecular flexibility index (Phi) is 7.03. The van der Waals surface area contributed by atoms with Gasteiger partial charge in [0.15, 0.2) is 0 Å². The third-order valence-corrected chi connectivity index (χ3v) is 5.33. The molecule has 0 saturated heterocycles. The number of ether oxygens (including phenoxy) is 2. The summed E-state index contributed by atoms with van der Waals surface area (Å²) in [4.78, 5) is 28.1. The molecule has 0 N–H and O–H groups in total. The third kappa shape index (κ3) is 5.15. The van der Waals surface area contributed by atoms with Gasteiger partial charge >= 0.3 is 5.97 Å². The number of thiophene rings is 1. The van der Waals surface area contributed by atoms with E-state index in [2.05, 4.69) is 0 Å². The number of likely N-dealkylation sites (N-methyl/N-ethyl adjacent to an activating group) is 1. The number of hydrogen-bond acceptors (Lipinski definition) is 5. The molecular formula is C24H23NO4S. The molecule has 1 amide bonds. The van der Waals surface area contributed by atoms with E-state index in [0.717, 1.165) is 16.2 Å². The largest absolute Gasteiger partial charge is 0.497 e. The molecule has 2 aromatic carbocycles. The lowest BCUT2D eigenvalue weighted by Crippen LogP contribution is -2.31. The van der Waals surface area contributed by atoms with Crippen LogP contribution >= 0.6 is 11.3 Å². The van der Waals surface area contributed by atoms with Crippen LogP contribution in [0.3, 0.4) is 0 Å². The van der Waals surface area contributed by atoms with Gasteiger partial charge in [0.2, 0.25) is 6.10 Å². The molecule has 0 aliphatic heterocycles. The van der Waals surface area contributed by atoms with Crippen molar-refractivity contribution in [1.82, 2.24) is 4.90 Å². The van der Waals surface area contributed by atoms with E-state index in [1.807, 2.05) is 60.0 Å². The fraction of sp³-hybridized carbons (Fsp3) is 0.167. The van der Waals surface area contributed by atoms with E-state index in [1.165, 1.54) is 16.2 Å². The Bertz CT molecular complexity index is 1010. The number of hydrogen-bond donors (Lipinski definition) is 0. The Labute approximate surface area is 180 Å². The van der Waals surface area contributed by atoms with E-state index in [1.54, 1.807) is 39.4 Å². The lowest BCUT2D eigenvalue weighted by atomic mass is 10.1. The Morgan fingerprint density at radius 2 is 1.67 bits per heavy atom. The number of carbonyl (C=O) groups excluding carboxylic acids is 2. The van der Waals surface area contributed by atoms with Gasteiger partial charge in [0.1, 0.15) is 5.75 Å². The number of methoxy groups -OCH3 is 1. The van der Waals surface area contributed by atoms with Gasteiger partial charge < -0.3 is 14.4 Å². The van der Waals surface area contributed by atoms with Crippen molar-refractivity contribution in [1.29, 1.82) is 0 Å². The second kappa shape index (κ2) is 9.89. The summed E-state index contributed by atoms with van der Waals surface area (Å²) >= 11 is 1.43. The molecule has 0 saturated carbocycles. The van der Waals surface area contributed by atoms with Gasteiger partial charge in [0.25, 0.3) is 5.91 Å². The second-order valence-electron chi connectivity index (χ2n) is 6.74. The monoisotopic (exact) mass is 421 g/mol. The maximum Gasteiger partial charge on any atom is 0.340 e. The summed E-state index contributed by atoms with van der Waals surface area (Å²) < 4.78 is 10.9. The molecule has 0 fully saturated rings. The van der Waals surface area contributed by atoms with Crippen LogP contribution in [0.1, 0.15) is 22.1 Å². The predicted molar refractivity (Wildman–Crippen MR) is 119 cm³/mol. The van der Waals surface area contributed by atoms with Crippen LogP contribution in [0.15, 0.2) is 72.1 Å². The fourth-order valence-electron chi connectivity index (χ4n) is 2.82. The number of nitrogens with zero attached hydrogens (tertiary/aromatic N) is 1. The van der Waals surface area contributed by atoms with Crippen LogP contribution < -0.4 is 4.74 Å². The first kappa shape index (κ1) is 21.3. The van der Waals surface area contributed by atoms with Gasteiger partial charge in [0.05, 0.1) is 12.7 Å². The molecule has 3 aromatic rings. The van der Waals surface area contributed by atoms with Crippen LogP contribution in [0, 0.1) is 0 Å². The van der Waals surface area contributed by atoms with Crippen molar-refractivity contribution in [2.75, 3.05) is 21.2 Å². The Morgan fingerprint density at radius 1 is 0.967 bits per heavy atom. The number of carbonyl (C=O) groups is 2.